The summed E-state index contributed by atoms with van der Waals surface area (Å²) in [5, 5.41) is 12.2. The Balaban J connectivity index is 1.80. The van der Waals surface area contributed by atoms with Gasteiger partial charge in [0.15, 0.2) is 0 Å². The molecule has 0 spiro atoms. The van der Waals surface area contributed by atoms with Gasteiger partial charge in [0.25, 0.3) is 0 Å². The van der Waals surface area contributed by atoms with Crippen LogP contribution in [0.15, 0.2) is 35.2 Å². The third kappa shape index (κ3) is 3.96. The summed E-state index contributed by atoms with van der Waals surface area (Å²) in [7, 11) is 0. The normalized spacial score (nSPS) is 22.9. The van der Waals surface area contributed by atoms with E-state index < -0.39 is 5.60 Å². The van der Waals surface area contributed by atoms with Gasteiger partial charge in [-0.2, -0.15) is 0 Å². The first-order valence-corrected chi connectivity index (χ1v) is 10.5. The van der Waals surface area contributed by atoms with Crippen LogP contribution in [0.5, 0.6) is 0 Å². The molecule has 128 valence electrons. The fraction of sp³-hybridized carbons (Fsp3) is 0.714. The molecular formula is C21H32OS. The van der Waals surface area contributed by atoms with Gasteiger partial charge in [-0.1, -0.05) is 63.6 Å². The molecule has 2 heteroatoms. The van der Waals surface area contributed by atoms with E-state index >= 15 is 0 Å². The van der Waals surface area contributed by atoms with Crippen LogP contribution in [0.25, 0.3) is 0 Å². The molecule has 2 aliphatic rings. The van der Waals surface area contributed by atoms with Gasteiger partial charge in [-0.3, -0.25) is 0 Å². The van der Waals surface area contributed by atoms with Crippen molar-refractivity contribution in [2.75, 3.05) is 0 Å². The highest BCUT2D eigenvalue weighted by atomic mass is 32.2. The Morgan fingerprint density at radius 3 is 1.83 bits per heavy atom. The minimum absolute atomic E-state index is 0.274. The smallest absolute Gasteiger partial charge is 0.0822 e. The Bertz CT molecular complexity index is 442. The number of benzene rings is 1. The van der Waals surface area contributed by atoms with Crippen LogP contribution in [0, 0.1) is 11.8 Å². The van der Waals surface area contributed by atoms with Crippen molar-refractivity contribution >= 4 is 11.8 Å². The second-order valence-corrected chi connectivity index (χ2v) is 9.04. The van der Waals surface area contributed by atoms with E-state index in [9.17, 15) is 5.11 Å². The van der Waals surface area contributed by atoms with E-state index in [0.717, 1.165) is 0 Å². The molecule has 2 aliphatic carbocycles. The van der Waals surface area contributed by atoms with Crippen LogP contribution >= 0.6 is 11.8 Å². The highest BCUT2D eigenvalue weighted by Gasteiger charge is 2.48. The van der Waals surface area contributed by atoms with E-state index in [1.165, 1.54) is 69.1 Å². The van der Waals surface area contributed by atoms with Crippen LogP contribution in [-0.4, -0.2) is 16.0 Å². The molecule has 0 aliphatic heterocycles. The second kappa shape index (κ2) is 8.07. The van der Waals surface area contributed by atoms with Crippen molar-refractivity contribution in [3.8, 4) is 0 Å². The maximum absolute atomic E-state index is 12.0. The van der Waals surface area contributed by atoms with Crippen LogP contribution in [-0.2, 0) is 0 Å². The van der Waals surface area contributed by atoms with Gasteiger partial charge in [-0.05, 0) is 49.7 Å². The van der Waals surface area contributed by atoms with Gasteiger partial charge < -0.3 is 5.11 Å². The van der Waals surface area contributed by atoms with Crippen molar-refractivity contribution in [2.24, 2.45) is 11.8 Å². The Morgan fingerprint density at radius 1 is 0.870 bits per heavy atom. The lowest BCUT2D eigenvalue weighted by atomic mass is 9.65. The number of rotatable bonds is 5. The van der Waals surface area contributed by atoms with E-state index in [-0.39, 0.29) is 5.25 Å². The Morgan fingerprint density at radius 2 is 1.35 bits per heavy atom. The molecule has 0 heterocycles. The maximum atomic E-state index is 12.0. The molecule has 1 atom stereocenters. The lowest BCUT2D eigenvalue weighted by molar-refractivity contribution is -0.0896. The molecule has 1 unspecified atom stereocenters. The summed E-state index contributed by atoms with van der Waals surface area (Å²) >= 11 is 1.89. The number of hydrogen-bond donors (Lipinski definition) is 1. The highest BCUT2D eigenvalue weighted by Crippen LogP contribution is 2.48. The van der Waals surface area contributed by atoms with E-state index in [2.05, 4.69) is 37.3 Å². The Labute approximate surface area is 146 Å². The number of hydrogen-bond acceptors (Lipinski definition) is 2. The minimum Gasteiger partial charge on any atom is -0.388 e. The zero-order valence-corrected chi connectivity index (χ0v) is 15.4. The lowest BCUT2D eigenvalue weighted by Crippen LogP contribution is -2.53. The van der Waals surface area contributed by atoms with Gasteiger partial charge >= 0.3 is 0 Å². The SMILES string of the molecule is CC(Sc1ccccc1)C(O)(C1CCCCC1)C1CCCCC1. The summed E-state index contributed by atoms with van der Waals surface area (Å²) in [5.74, 6) is 1.01. The van der Waals surface area contributed by atoms with E-state index in [0.29, 0.717) is 11.8 Å². The molecule has 1 N–H and O–H groups in total. The summed E-state index contributed by atoms with van der Waals surface area (Å²) in [6.45, 7) is 2.28. The second-order valence-electron chi connectivity index (χ2n) is 7.63. The zero-order chi connectivity index (χ0) is 16.1. The predicted molar refractivity (Wildman–Crippen MR) is 99.9 cm³/mol. The Kier molecular flexibility index (Phi) is 6.09. The van der Waals surface area contributed by atoms with Crippen LogP contribution in [0.2, 0.25) is 0 Å². The first kappa shape index (κ1) is 17.4. The summed E-state index contributed by atoms with van der Waals surface area (Å²) in [6, 6.07) is 10.7. The minimum atomic E-state index is -0.485. The molecule has 2 saturated carbocycles. The molecular weight excluding hydrogens is 300 g/mol. The molecule has 3 rings (SSSR count). The number of thioether (sulfide) groups is 1. The van der Waals surface area contributed by atoms with E-state index in [1.807, 2.05) is 11.8 Å². The van der Waals surface area contributed by atoms with Crippen molar-refractivity contribution in [3.63, 3.8) is 0 Å². The fourth-order valence-corrected chi connectivity index (χ4v) is 6.22. The van der Waals surface area contributed by atoms with Crippen molar-refractivity contribution in [1.82, 2.24) is 0 Å². The molecule has 0 aromatic heterocycles. The van der Waals surface area contributed by atoms with E-state index in [4.69, 9.17) is 0 Å². The summed E-state index contributed by atoms with van der Waals surface area (Å²) < 4.78 is 0. The average Bonchev–Trinajstić information content (AvgIpc) is 2.63. The first-order valence-electron chi connectivity index (χ1n) is 9.65. The van der Waals surface area contributed by atoms with Gasteiger partial charge in [-0.25, -0.2) is 0 Å². The van der Waals surface area contributed by atoms with Crippen molar-refractivity contribution in [1.29, 1.82) is 0 Å². The van der Waals surface area contributed by atoms with E-state index in [1.54, 1.807) is 0 Å². The van der Waals surface area contributed by atoms with Gasteiger partial charge in [0.05, 0.1) is 5.60 Å². The third-order valence-corrected chi connectivity index (χ3v) is 7.50. The van der Waals surface area contributed by atoms with Gasteiger partial charge in [-0.15, -0.1) is 11.8 Å². The van der Waals surface area contributed by atoms with Crippen LogP contribution in [0.1, 0.15) is 71.1 Å². The topological polar surface area (TPSA) is 20.2 Å². The zero-order valence-electron chi connectivity index (χ0n) is 14.5. The molecule has 0 saturated heterocycles. The van der Waals surface area contributed by atoms with Gasteiger partial charge in [0.2, 0.25) is 0 Å². The molecule has 1 aromatic carbocycles. The number of aliphatic hydroxyl groups is 1. The molecule has 0 radical (unpaired) electrons. The van der Waals surface area contributed by atoms with Crippen LogP contribution in [0.3, 0.4) is 0 Å². The van der Waals surface area contributed by atoms with Crippen LogP contribution < -0.4 is 0 Å². The monoisotopic (exact) mass is 332 g/mol. The molecule has 1 aromatic rings. The lowest BCUT2D eigenvalue weighted by Gasteiger charge is -2.49. The first-order chi connectivity index (χ1) is 11.2. The van der Waals surface area contributed by atoms with Crippen LogP contribution in [0.4, 0.5) is 0 Å². The van der Waals surface area contributed by atoms with Gasteiger partial charge in [0.1, 0.15) is 0 Å². The molecule has 23 heavy (non-hydrogen) atoms. The molecule has 0 bridgehead atoms. The molecule has 2 fully saturated rings. The fourth-order valence-electron chi connectivity index (χ4n) is 4.92. The quantitative estimate of drug-likeness (QED) is 0.661. The van der Waals surface area contributed by atoms with Crippen molar-refractivity contribution < 1.29 is 5.11 Å². The third-order valence-electron chi connectivity index (χ3n) is 6.23. The van der Waals surface area contributed by atoms with Crippen molar-refractivity contribution in [2.45, 2.75) is 86.9 Å². The summed E-state index contributed by atoms with van der Waals surface area (Å²) in [5.41, 5.74) is -0.485. The highest BCUT2D eigenvalue weighted by molar-refractivity contribution is 8.00. The summed E-state index contributed by atoms with van der Waals surface area (Å²) in [4.78, 5) is 1.30. The largest absolute Gasteiger partial charge is 0.388 e. The van der Waals surface area contributed by atoms with Gasteiger partial charge in [0, 0.05) is 10.1 Å². The predicted octanol–water partition coefficient (Wildman–Crippen LogP) is 6.06. The standard InChI is InChI=1S/C21H32OS/c1-17(23-20-15-9-4-10-16-20)21(22,18-11-5-2-6-12-18)19-13-7-3-8-14-19/h4,9-10,15-19,22H,2-3,5-8,11-14H2,1H3. The average molecular weight is 333 g/mol. The molecule has 0 amide bonds. The van der Waals surface area contributed by atoms with Crippen molar-refractivity contribution in [3.05, 3.63) is 30.3 Å². The molecule has 1 nitrogen and oxygen atoms in total. The maximum Gasteiger partial charge on any atom is 0.0822 e. The Hall–Kier alpha value is -0.470. The summed E-state index contributed by atoms with van der Waals surface area (Å²) in [6.07, 6.45) is 12.9.